The van der Waals surface area contributed by atoms with Crippen LogP contribution in [-0.2, 0) is 6.42 Å². The highest BCUT2D eigenvalue weighted by molar-refractivity contribution is 5.60. The van der Waals surface area contributed by atoms with Gasteiger partial charge >= 0.3 is 0 Å². The minimum Gasteiger partial charge on any atom is -0.353 e. The van der Waals surface area contributed by atoms with Gasteiger partial charge in [-0.3, -0.25) is 4.98 Å². The molecule has 0 atom stereocenters. The van der Waals surface area contributed by atoms with Crippen LogP contribution in [-0.4, -0.2) is 15.0 Å². The van der Waals surface area contributed by atoms with E-state index in [0.717, 1.165) is 29.2 Å². The normalized spacial score (nSPS) is 11.0. The Bertz CT molecular complexity index is 872. The van der Waals surface area contributed by atoms with Crippen molar-refractivity contribution in [3.63, 3.8) is 0 Å². The van der Waals surface area contributed by atoms with E-state index in [-0.39, 0.29) is 0 Å². The van der Waals surface area contributed by atoms with E-state index in [2.05, 4.69) is 77.5 Å². The number of rotatable bonds is 7. The maximum absolute atomic E-state index is 4.42. The highest BCUT2D eigenvalue weighted by Crippen LogP contribution is 2.21. The molecule has 0 bridgehead atoms. The van der Waals surface area contributed by atoms with Crippen LogP contribution in [0.2, 0.25) is 0 Å². The Balaban J connectivity index is 1.66. The molecule has 0 aliphatic heterocycles. The van der Waals surface area contributed by atoms with Gasteiger partial charge in [0.25, 0.3) is 0 Å². The van der Waals surface area contributed by atoms with Crippen LogP contribution >= 0.6 is 0 Å². The van der Waals surface area contributed by atoms with Gasteiger partial charge in [0, 0.05) is 23.3 Å². The smallest absolute Gasteiger partial charge is 0.227 e. The summed E-state index contributed by atoms with van der Waals surface area (Å²) in [5, 5.41) is 6.60. The number of aromatic nitrogens is 3. The molecule has 0 fully saturated rings. The molecule has 0 amide bonds. The SMILES string of the molecule is CC(C)Cc1cccc(Nc2ncc(Nc3ccnc(C(C)C)c3)cn2)c1. The Hall–Kier alpha value is -2.95. The maximum atomic E-state index is 4.42. The van der Waals surface area contributed by atoms with Gasteiger partial charge in [0.05, 0.1) is 18.1 Å². The predicted molar refractivity (Wildman–Crippen MR) is 112 cm³/mol. The van der Waals surface area contributed by atoms with Crippen molar-refractivity contribution in [1.82, 2.24) is 15.0 Å². The van der Waals surface area contributed by atoms with Gasteiger partial charge < -0.3 is 10.6 Å². The molecule has 3 rings (SSSR count). The molecule has 5 nitrogen and oxygen atoms in total. The summed E-state index contributed by atoms with van der Waals surface area (Å²) >= 11 is 0. The molecule has 140 valence electrons. The fourth-order valence-corrected chi connectivity index (χ4v) is 2.84. The molecule has 0 spiro atoms. The lowest BCUT2D eigenvalue weighted by molar-refractivity contribution is 0.647. The summed E-state index contributed by atoms with van der Waals surface area (Å²) in [6.45, 7) is 8.71. The lowest BCUT2D eigenvalue weighted by Crippen LogP contribution is -2.00. The van der Waals surface area contributed by atoms with E-state index in [4.69, 9.17) is 0 Å². The highest BCUT2D eigenvalue weighted by atomic mass is 15.1. The van der Waals surface area contributed by atoms with Crippen molar-refractivity contribution in [1.29, 1.82) is 0 Å². The largest absolute Gasteiger partial charge is 0.353 e. The molecular formula is C22H27N5. The monoisotopic (exact) mass is 361 g/mol. The van der Waals surface area contributed by atoms with E-state index in [9.17, 15) is 0 Å². The number of pyridine rings is 1. The molecule has 2 aromatic heterocycles. The number of anilines is 4. The molecule has 0 aliphatic rings. The fourth-order valence-electron chi connectivity index (χ4n) is 2.84. The number of nitrogens with one attached hydrogen (secondary N) is 2. The van der Waals surface area contributed by atoms with Crippen molar-refractivity contribution in [3.8, 4) is 0 Å². The van der Waals surface area contributed by atoms with Crippen LogP contribution in [0.1, 0.15) is 44.9 Å². The van der Waals surface area contributed by atoms with Gasteiger partial charge in [0.15, 0.2) is 0 Å². The molecule has 2 heterocycles. The summed E-state index contributed by atoms with van der Waals surface area (Å²) < 4.78 is 0. The first kappa shape index (κ1) is 18.8. The average molecular weight is 361 g/mol. The van der Waals surface area contributed by atoms with Crippen molar-refractivity contribution < 1.29 is 0 Å². The second kappa shape index (κ2) is 8.62. The number of hydrogen-bond acceptors (Lipinski definition) is 5. The second-order valence-electron chi connectivity index (χ2n) is 7.47. The van der Waals surface area contributed by atoms with Crippen molar-refractivity contribution in [2.75, 3.05) is 10.6 Å². The summed E-state index contributed by atoms with van der Waals surface area (Å²) in [6, 6.07) is 12.4. The lowest BCUT2D eigenvalue weighted by atomic mass is 10.0. The number of benzene rings is 1. The van der Waals surface area contributed by atoms with E-state index in [1.807, 2.05) is 18.3 Å². The Kier molecular flexibility index (Phi) is 6.01. The molecule has 1 aromatic carbocycles. The van der Waals surface area contributed by atoms with E-state index in [0.29, 0.717) is 17.8 Å². The van der Waals surface area contributed by atoms with Gasteiger partial charge in [-0.2, -0.15) is 0 Å². The maximum Gasteiger partial charge on any atom is 0.227 e. The number of nitrogens with zero attached hydrogens (tertiary/aromatic N) is 3. The van der Waals surface area contributed by atoms with Crippen LogP contribution in [0, 0.1) is 5.92 Å². The van der Waals surface area contributed by atoms with Gasteiger partial charge in [-0.25, -0.2) is 9.97 Å². The van der Waals surface area contributed by atoms with Crippen LogP contribution < -0.4 is 10.6 Å². The standard InChI is InChI=1S/C22H27N5/c1-15(2)10-17-6-5-7-18(11-17)27-22-24-13-20(14-25-22)26-19-8-9-23-21(12-19)16(3)4/h5-9,11-16H,10H2,1-4H3,(H,23,26)(H,24,25,27). The average Bonchev–Trinajstić information content (AvgIpc) is 2.63. The topological polar surface area (TPSA) is 62.7 Å². The zero-order valence-corrected chi connectivity index (χ0v) is 16.4. The lowest BCUT2D eigenvalue weighted by Gasteiger charge is -2.11. The summed E-state index contributed by atoms with van der Waals surface area (Å²) in [5.74, 6) is 1.60. The van der Waals surface area contributed by atoms with E-state index < -0.39 is 0 Å². The van der Waals surface area contributed by atoms with E-state index in [1.165, 1.54) is 5.56 Å². The van der Waals surface area contributed by atoms with E-state index in [1.54, 1.807) is 12.4 Å². The third-order valence-corrected chi connectivity index (χ3v) is 4.14. The van der Waals surface area contributed by atoms with Gasteiger partial charge in [-0.15, -0.1) is 0 Å². The quantitative estimate of drug-likeness (QED) is 0.567. The van der Waals surface area contributed by atoms with Crippen molar-refractivity contribution >= 4 is 23.0 Å². The second-order valence-corrected chi connectivity index (χ2v) is 7.47. The minimum absolute atomic E-state index is 0.390. The Morgan fingerprint density at radius 2 is 1.56 bits per heavy atom. The van der Waals surface area contributed by atoms with Gasteiger partial charge in [0.1, 0.15) is 0 Å². The van der Waals surface area contributed by atoms with Crippen molar-refractivity contribution in [3.05, 3.63) is 66.2 Å². The molecule has 0 radical (unpaired) electrons. The number of hydrogen-bond donors (Lipinski definition) is 2. The molecule has 27 heavy (non-hydrogen) atoms. The molecule has 0 saturated heterocycles. The van der Waals surface area contributed by atoms with Crippen LogP contribution in [0.5, 0.6) is 0 Å². The third-order valence-electron chi connectivity index (χ3n) is 4.14. The Morgan fingerprint density at radius 1 is 0.815 bits per heavy atom. The zero-order chi connectivity index (χ0) is 19.2. The summed E-state index contributed by atoms with van der Waals surface area (Å²) in [5.41, 5.74) is 5.20. The molecule has 0 aliphatic carbocycles. The van der Waals surface area contributed by atoms with E-state index >= 15 is 0 Å². The van der Waals surface area contributed by atoms with Gasteiger partial charge in [-0.05, 0) is 48.1 Å². The molecule has 0 unspecified atom stereocenters. The summed E-state index contributed by atoms with van der Waals surface area (Å²) in [4.78, 5) is 13.2. The summed E-state index contributed by atoms with van der Waals surface area (Å²) in [6.07, 6.45) is 6.44. The zero-order valence-electron chi connectivity index (χ0n) is 16.4. The van der Waals surface area contributed by atoms with Crippen LogP contribution in [0.4, 0.5) is 23.0 Å². The predicted octanol–water partition coefficient (Wildman–Crippen LogP) is 5.68. The third kappa shape index (κ3) is 5.51. The van der Waals surface area contributed by atoms with Crippen LogP contribution in [0.15, 0.2) is 55.0 Å². The van der Waals surface area contributed by atoms with Crippen molar-refractivity contribution in [2.24, 2.45) is 5.92 Å². The first-order chi connectivity index (χ1) is 13.0. The Labute approximate surface area is 161 Å². The molecule has 3 aromatic rings. The van der Waals surface area contributed by atoms with Crippen LogP contribution in [0.25, 0.3) is 0 Å². The van der Waals surface area contributed by atoms with Gasteiger partial charge in [0.2, 0.25) is 5.95 Å². The minimum atomic E-state index is 0.390. The van der Waals surface area contributed by atoms with Crippen molar-refractivity contribution in [2.45, 2.75) is 40.0 Å². The van der Waals surface area contributed by atoms with Gasteiger partial charge in [-0.1, -0.05) is 39.8 Å². The Morgan fingerprint density at radius 3 is 2.26 bits per heavy atom. The first-order valence-corrected chi connectivity index (χ1v) is 9.40. The van der Waals surface area contributed by atoms with Crippen LogP contribution in [0.3, 0.4) is 0 Å². The first-order valence-electron chi connectivity index (χ1n) is 9.40. The molecular weight excluding hydrogens is 334 g/mol. The molecule has 0 saturated carbocycles. The molecule has 5 heteroatoms. The summed E-state index contributed by atoms with van der Waals surface area (Å²) in [7, 11) is 0. The molecule has 2 N–H and O–H groups in total. The highest BCUT2D eigenvalue weighted by Gasteiger charge is 2.04. The fraction of sp³-hybridized carbons (Fsp3) is 0.318.